The minimum Gasteiger partial charge on any atom is -0.497 e. The van der Waals surface area contributed by atoms with Crippen molar-refractivity contribution in [1.29, 1.82) is 0 Å². The molecule has 0 spiro atoms. The second kappa shape index (κ2) is 16.0. The van der Waals surface area contributed by atoms with Crippen LogP contribution in [-0.4, -0.2) is 73.2 Å². The second-order valence-corrected chi connectivity index (χ2v) is 10.1. The Hall–Kier alpha value is -1.88. The Morgan fingerprint density at radius 1 is 0.714 bits per heavy atom. The van der Waals surface area contributed by atoms with Gasteiger partial charge in [0.15, 0.2) is 0 Å². The molecule has 0 N–H and O–H groups in total. The fourth-order valence-corrected chi connectivity index (χ4v) is 4.90. The summed E-state index contributed by atoms with van der Waals surface area (Å²) in [5.41, 5.74) is 2.90. The van der Waals surface area contributed by atoms with Gasteiger partial charge >= 0.3 is 0 Å². The standard InChI is InChI=1S/C15H23NO.C14H22N2.C2H6/c1-12(2)16-10-8-14(9-11-16)13-4-6-15(17-3)7-5-13;1-13(2)16-10-8-15(9-11-16)12-14-6-4-3-5-7-14;1-2/h4-7,12,14H,8-11H2,1-3H3;3-7,13H,8-12H2,1-2H3;1-2H3. The molecule has 0 amide bonds. The molecule has 2 aliphatic heterocycles. The van der Waals surface area contributed by atoms with Crippen LogP contribution in [0.5, 0.6) is 5.75 Å². The number of piperidine rings is 1. The van der Waals surface area contributed by atoms with Gasteiger partial charge in [-0.1, -0.05) is 56.3 Å². The van der Waals surface area contributed by atoms with Crippen LogP contribution in [0.2, 0.25) is 0 Å². The van der Waals surface area contributed by atoms with Crippen LogP contribution < -0.4 is 4.74 Å². The number of rotatable bonds is 6. The zero-order valence-corrected chi connectivity index (χ0v) is 23.5. The molecular formula is C31H51N3O. The number of nitrogens with zero attached hydrogens (tertiary/aromatic N) is 3. The van der Waals surface area contributed by atoms with Gasteiger partial charge < -0.3 is 9.64 Å². The van der Waals surface area contributed by atoms with Crippen molar-refractivity contribution in [2.24, 2.45) is 0 Å². The Bertz CT molecular complexity index is 775. The van der Waals surface area contributed by atoms with E-state index in [0.29, 0.717) is 12.1 Å². The molecule has 0 bridgehead atoms. The summed E-state index contributed by atoms with van der Waals surface area (Å²) < 4.78 is 5.20. The summed E-state index contributed by atoms with van der Waals surface area (Å²) in [6.07, 6.45) is 2.56. The SMILES string of the molecule is CC.CC(C)N1CCN(Cc2ccccc2)CC1.COc1ccc(C2CCN(C(C)C)CC2)cc1. The second-order valence-electron chi connectivity index (χ2n) is 10.1. The molecule has 0 aromatic heterocycles. The van der Waals surface area contributed by atoms with E-state index in [9.17, 15) is 0 Å². The maximum absolute atomic E-state index is 5.20. The van der Waals surface area contributed by atoms with E-state index in [-0.39, 0.29) is 0 Å². The number of benzene rings is 2. The van der Waals surface area contributed by atoms with Crippen LogP contribution in [0.25, 0.3) is 0 Å². The van der Waals surface area contributed by atoms with Gasteiger partial charge in [-0.3, -0.25) is 9.80 Å². The van der Waals surface area contributed by atoms with Gasteiger partial charge in [0, 0.05) is 44.8 Å². The molecule has 0 atom stereocenters. The maximum Gasteiger partial charge on any atom is 0.118 e. The van der Waals surface area contributed by atoms with Crippen LogP contribution >= 0.6 is 0 Å². The summed E-state index contributed by atoms with van der Waals surface area (Å²) in [6, 6.07) is 20.7. The Labute approximate surface area is 216 Å². The van der Waals surface area contributed by atoms with Crippen molar-refractivity contribution in [2.75, 3.05) is 46.4 Å². The fraction of sp³-hybridized carbons (Fsp3) is 0.613. The lowest BCUT2D eigenvalue weighted by Crippen LogP contribution is -2.48. The molecule has 4 nitrogen and oxygen atoms in total. The van der Waals surface area contributed by atoms with Crippen molar-refractivity contribution in [1.82, 2.24) is 14.7 Å². The highest BCUT2D eigenvalue weighted by molar-refractivity contribution is 5.29. The number of methoxy groups -OCH3 is 1. The minimum atomic E-state index is 0.687. The summed E-state index contributed by atoms with van der Waals surface area (Å²) in [7, 11) is 1.72. The number of hydrogen-bond acceptors (Lipinski definition) is 4. The zero-order valence-electron chi connectivity index (χ0n) is 23.5. The number of piperazine rings is 1. The first-order valence-corrected chi connectivity index (χ1v) is 13.8. The van der Waals surface area contributed by atoms with Crippen LogP contribution in [-0.2, 0) is 6.54 Å². The summed E-state index contributed by atoms with van der Waals surface area (Å²) in [4.78, 5) is 7.68. The van der Waals surface area contributed by atoms with Crippen LogP contribution in [0.4, 0.5) is 0 Å². The van der Waals surface area contributed by atoms with E-state index in [0.717, 1.165) is 18.2 Å². The molecule has 0 saturated carbocycles. The van der Waals surface area contributed by atoms with Gasteiger partial charge in [-0.2, -0.15) is 0 Å². The third-order valence-electron chi connectivity index (χ3n) is 7.23. The smallest absolute Gasteiger partial charge is 0.118 e. The lowest BCUT2D eigenvalue weighted by atomic mass is 9.89. The van der Waals surface area contributed by atoms with E-state index in [1.807, 2.05) is 13.8 Å². The van der Waals surface area contributed by atoms with E-state index in [2.05, 4.69) is 97.0 Å². The summed E-state index contributed by atoms with van der Waals surface area (Å²) in [6.45, 7) is 21.5. The van der Waals surface area contributed by atoms with Crippen molar-refractivity contribution >= 4 is 0 Å². The average molecular weight is 482 g/mol. The van der Waals surface area contributed by atoms with Crippen molar-refractivity contribution < 1.29 is 4.74 Å². The predicted octanol–water partition coefficient (Wildman–Crippen LogP) is 6.52. The highest BCUT2D eigenvalue weighted by Gasteiger charge is 2.22. The number of ether oxygens (including phenoxy) is 1. The largest absolute Gasteiger partial charge is 0.497 e. The average Bonchev–Trinajstić information content (AvgIpc) is 2.91. The van der Waals surface area contributed by atoms with E-state index in [1.54, 1.807) is 7.11 Å². The van der Waals surface area contributed by atoms with Crippen molar-refractivity contribution in [2.45, 2.75) is 78.9 Å². The van der Waals surface area contributed by atoms with E-state index >= 15 is 0 Å². The molecule has 2 fully saturated rings. The summed E-state index contributed by atoms with van der Waals surface area (Å²) >= 11 is 0. The third-order valence-corrected chi connectivity index (χ3v) is 7.23. The first kappa shape index (κ1) is 29.4. The van der Waals surface area contributed by atoms with Crippen LogP contribution in [0.15, 0.2) is 54.6 Å². The molecule has 4 rings (SSSR count). The monoisotopic (exact) mass is 481 g/mol. The van der Waals surface area contributed by atoms with Crippen molar-refractivity contribution in [3.63, 3.8) is 0 Å². The Morgan fingerprint density at radius 3 is 1.71 bits per heavy atom. The topological polar surface area (TPSA) is 19.0 Å². The zero-order chi connectivity index (χ0) is 25.6. The van der Waals surface area contributed by atoms with Crippen molar-refractivity contribution in [3.05, 3.63) is 65.7 Å². The maximum atomic E-state index is 5.20. The van der Waals surface area contributed by atoms with Gasteiger partial charge in [0.2, 0.25) is 0 Å². The normalized spacial score (nSPS) is 18.0. The van der Waals surface area contributed by atoms with Gasteiger partial charge in [0.25, 0.3) is 0 Å². The van der Waals surface area contributed by atoms with Gasteiger partial charge in [0.1, 0.15) is 5.75 Å². The quantitative estimate of drug-likeness (QED) is 0.467. The number of hydrogen-bond donors (Lipinski definition) is 0. The Kier molecular flexibility index (Phi) is 13.4. The Balaban J connectivity index is 0.000000231. The Morgan fingerprint density at radius 2 is 1.23 bits per heavy atom. The van der Waals surface area contributed by atoms with Crippen LogP contribution in [0, 0.1) is 0 Å². The molecular weight excluding hydrogens is 430 g/mol. The van der Waals surface area contributed by atoms with E-state index < -0.39 is 0 Å². The first-order chi connectivity index (χ1) is 17.0. The minimum absolute atomic E-state index is 0.687. The fourth-order valence-electron chi connectivity index (χ4n) is 4.90. The van der Waals surface area contributed by atoms with E-state index in [1.165, 1.54) is 63.2 Å². The molecule has 2 aromatic rings. The van der Waals surface area contributed by atoms with Crippen molar-refractivity contribution in [3.8, 4) is 5.75 Å². The van der Waals surface area contributed by atoms with Gasteiger partial charge in [-0.05, 0) is 82.8 Å². The van der Waals surface area contributed by atoms with Gasteiger partial charge in [-0.15, -0.1) is 0 Å². The molecule has 2 aliphatic rings. The van der Waals surface area contributed by atoms with Crippen LogP contribution in [0.3, 0.4) is 0 Å². The number of likely N-dealkylation sites (tertiary alicyclic amines) is 1. The predicted molar refractivity (Wildman–Crippen MR) is 151 cm³/mol. The summed E-state index contributed by atoms with van der Waals surface area (Å²) in [5.74, 6) is 1.68. The highest BCUT2D eigenvalue weighted by atomic mass is 16.5. The lowest BCUT2D eigenvalue weighted by Gasteiger charge is -2.36. The third kappa shape index (κ3) is 9.95. The molecule has 2 saturated heterocycles. The summed E-state index contributed by atoms with van der Waals surface area (Å²) in [5, 5.41) is 0. The highest BCUT2D eigenvalue weighted by Crippen LogP contribution is 2.29. The first-order valence-electron chi connectivity index (χ1n) is 13.8. The molecule has 0 unspecified atom stereocenters. The molecule has 2 aromatic carbocycles. The van der Waals surface area contributed by atoms with Gasteiger partial charge in [-0.25, -0.2) is 0 Å². The van der Waals surface area contributed by atoms with Gasteiger partial charge in [0.05, 0.1) is 7.11 Å². The van der Waals surface area contributed by atoms with Crippen LogP contribution in [0.1, 0.15) is 71.4 Å². The van der Waals surface area contributed by atoms with E-state index in [4.69, 9.17) is 4.74 Å². The molecule has 196 valence electrons. The molecule has 0 aliphatic carbocycles. The molecule has 0 radical (unpaired) electrons. The molecule has 35 heavy (non-hydrogen) atoms. The molecule has 4 heteroatoms. The lowest BCUT2D eigenvalue weighted by molar-refractivity contribution is 0.104. The molecule has 2 heterocycles.